The van der Waals surface area contributed by atoms with Crippen molar-refractivity contribution >= 4 is 11.0 Å². The number of H-pyrrole nitrogens is 1. The van der Waals surface area contributed by atoms with E-state index in [1.165, 1.54) is 6.07 Å². The molecular formula is C9H5N3O. The second kappa shape index (κ2) is 2.72. The van der Waals surface area contributed by atoms with Gasteiger partial charge in [-0.2, -0.15) is 5.26 Å². The standard InChI is InChI=1S/C9H5N3O/c10-5-6-1-2-8-7(11-6)3-4-9(13)12-8/h1-4H,(H,12,13). The van der Waals surface area contributed by atoms with Crippen LogP contribution in [0.25, 0.3) is 11.0 Å². The van der Waals surface area contributed by atoms with Gasteiger partial charge in [-0.25, -0.2) is 4.98 Å². The summed E-state index contributed by atoms with van der Waals surface area (Å²) in [6.07, 6.45) is 0. The number of aromatic nitrogens is 2. The first-order chi connectivity index (χ1) is 6.29. The molecule has 0 aliphatic rings. The molecule has 0 radical (unpaired) electrons. The van der Waals surface area contributed by atoms with Gasteiger partial charge in [-0.1, -0.05) is 0 Å². The van der Waals surface area contributed by atoms with Crippen LogP contribution in [0.3, 0.4) is 0 Å². The van der Waals surface area contributed by atoms with Crippen LogP contribution in [0.4, 0.5) is 0 Å². The zero-order valence-corrected chi connectivity index (χ0v) is 6.61. The Balaban J connectivity index is 2.82. The third-order valence-corrected chi connectivity index (χ3v) is 1.69. The Hall–Kier alpha value is -2.15. The zero-order valence-electron chi connectivity index (χ0n) is 6.61. The third kappa shape index (κ3) is 1.27. The summed E-state index contributed by atoms with van der Waals surface area (Å²) in [4.78, 5) is 17.5. The summed E-state index contributed by atoms with van der Waals surface area (Å²) in [5, 5.41) is 8.57. The minimum atomic E-state index is -0.168. The Labute approximate surface area is 73.5 Å². The number of fused-ring (bicyclic) bond motifs is 1. The molecule has 2 heterocycles. The summed E-state index contributed by atoms with van der Waals surface area (Å²) in [6.45, 7) is 0. The van der Waals surface area contributed by atoms with Crippen molar-refractivity contribution in [1.29, 1.82) is 5.26 Å². The van der Waals surface area contributed by atoms with Gasteiger partial charge < -0.3 is 4.98 Å². The lowest BCUT2D eigenvalue weighted by Gasteiger charge is -1.94. The molecule has 0 saturated heterocycles. The van der Waals surface area contributed by atoms with Gasteiger partial charge >= 0.3 is 0 Å². The van der Waals surface area contributed by atoms with Gasteiger partial charge in [-0.3, -0.25) is 4.79 Å². The van der Waals surface area contributed by atoms with Crippen LogP contribution in [0.15, 0.2) is 29.1 Å². The van der Waals surface area contributed by atoms with Gasteiger partial charge in [0.05, 0.1) is 11.0 Å². The fourth-order valence-electron chi connectivity index (χ4n) is 1.10. The molecule has 0 unspecified atom stereocenters. The summed E-state index contributed by atoms with van der Waals surface area (Å²) in [7, 11) is 0. The maximum absolute atomic E-state index is 10.9. The highest BCUT2D eigenvalue weighted by Crippen LogP contribution is 2.06. The predicted molar refractivity (Wildman–Crippen MR) is 47.1 cm³/mol. The van der Waals surface area contributed by atoms with Crippen LogP contribution in [0.5, 0.6) is 0 Å². The molecule has 1 N–H and O–H groups in total. The minimum absolute atomic E-state index is 0.168. The van der Waals surface area contributed by atoms with Crippen molar-refractivity contribution in [2.75, 3.05) is 0 Å². The largest absolute Gasteiger partial charge is 0.321 e. The number of pyridine rings is 2. The van der Waals surface area contributed by atoms with E-state index in [1.807, 2.05) is 6.07 Å². The van der Waals surface area contributed by atoms with E-state index in [-0.39, 0.29) is 5.56 Å². The van der Waals surface area contributed by atoms with Gasteiger partial charge in [-0.05, 0) is 18.2 Å². The minimum Gasteiger partial charge on any atom is -0.321 e. The monoisotopic (exact) mass is 171 g/mol. The lowest BCUT2D eigenvalue weighted by atomic mass is 10.3. The SMILES string of the molecule is N#Cc1ccc2[nH]c(=O)ccc2n1. The molecule has 0 aliphatic carbocycles. The van der Waals surface area contributed by atoms with Crippen LogP contribution < -0.4 is 5.56 Å². The third-order valence-electron chi connectivity index (χ3n) is 1.69. The quantitative estimate of drug-likeness (QED) is 0.637. The molecule has 0 aliphatic heterocycles. The molecule has 0 amide bonds. The van der Waals surface area contributed by atoms with E-state index in [2.05, 4.69) is 9.97 Å². The average Bonchev–Trinajstić information content (AvgIpc) is 2.17. The molecule has 4 nitrogen and oxygen atoms in total. The van der Waals surface area contributed by atoms with Crippen molar-refractivity contribution in [3.63, 3.8) is 0 Å². The molecule has 0 aromatic carbocycles. The molecule has 13 heavy (non-hydrogen) atoms. The van der Waals surface area contributed by atoms with E-state index in [1.54, 1.807) is 18.2 Å². The molecule has 0 spiro atoms. The maximum Gasteiger partial charge on any atom is 0.248 e. The van der Waals surface area contributed by atoms with Crippen molar-refractivity contribution < 1.29 is 0 Å². The molecule has 0 bridgehead atoms. The number of rotatable bonds is 0. The molecule has 62 valence electrons. The number of hydrogen-bond acceptors (Lipinski definition) is 3. The van der Waals surface area contributed by atoms with Crippen molar-refractivity contribution in [2.45, 2.75) is 0 Å². The second-order valence-corrected chi connectivity index (χ2v) is 2.56. The summed E-state index contributed by atoms with van der Waals surface area (Å²) in [5.41, 5.74) is 1.45. The highest BCUT2D eigenvalue weighted by Gasteiger charge is 1.96. The fourth-order valence-corrected chi connectivity index (χ4v) is 1.10. The maximum atomic E-state index is 10.9. The topological polar surface area (TPSA) is 69.5 Å². The van der Waals surface area contributed by atoms with Crippen LogP contribution >= 0.6 is 0 Å². The molecule has 0 saturated carbocycles. The summed E-state index contributed by atoms with van der Waals surface area (Å²) >= 11 is 0. The van der Waals surface area contributed by atoms with Crippen molar-refractivity contribution in [3.8, 4) is 6.07 Å². The van der Waals surface area contributed by atoms with Gasteiger partial charge in [0.1, 0.15) is 11.8 Å². The van der Waals surface area contributed by atoms with Crippen LogP contribution in [-0.4, -0.2) is 9.97 Å². The van der Waals surface area contributed by atoms with Gasteiger partial charge in [0.2, 0.25) is 5.56 Å². The molecular weight excluding hydrogens is 166 g/mol. The van der Waals surface area contributed by atoms with Gasteiger partial charge in [0.25, 0.3) is 0 Å². The number of aromatic amines is 1. The highest BCUT2D eigenvalue weighted by atomic mass is 16.1. The van der Waals surface area contributed by atoms with Crippen LogP contribution in [-0.2, 0) is 0 Å². The smallest absolute Gasteiger partial charge is 0.248 e. The fraction of sp³-hybridized carbons (Fsp3) is 0. The zero-order chi connectivity index (χ0) is 9.26. The van der Waals surface area contributed by atoms with Crippen molar-refractivity contribution in [3.05, 3.63) is 40.3 Å². The van der Waals surface area contributed by atoms with Crippen LogP contribution in [0, 0.1) is 11.3 Å². The molecule has 0 fully saturated rings. The second-order valence-electron chi connectivity index (χ2n) is 2.56. The number of nitrogens with zero attached hydrogens (tertiary/aromatic N) is 2. The molecule has 0 atom stereocenters. The van der Waals surface area contributed by atoms with Crippen LogP contribution in [0.1, 0.15) is 5.69 Å². The first-order valence-corrected chi connectivity index (χ1v) is 3.70. The highest BCUT2D eigenvalue weighted by molar-refractivity contribution is 5.74. The Morgan fingerprint density at radius 1 is 1.31 bits per heavy atom. The van der Waals surface area contributed by atoms with Crippen molar-refractivity contribution in [1.82, 2.24) is 9.97 Å². The first-order valence-electron chi connectivity index (χ1n) is 3.70. The normalized spacial score (nSPS) is 9.77. The lowest BCUT2D eigenvalue weighted by Crippen LogP contribution is -2.03. The summed E-state index contributed by atoms with van der Waals surface area (Å²) in [5.74, 6) is 0. The Morgan fingerprint density at radius 3 is 2.92 bits per heavy atom. The van der Waals surface area contributed by atoms with Crippen molar-refractivity contribution in [2.24, 2.45) is 0 Å². The summed E-state index contributed by atoms with van der Waals surface area (Å²) in [6, 6.07) is 8.14. The predicted octanol–water partition coefficient (Wildman–Crippen LogP) is 0.795. The van der Waals surface area contributed by atoms with E-state index < -0.39 is 0 Å². The lowest BCUT2D eigenvalue weighted by molar-refractivity contribution is 1.25. The molecule has 2 aromatic rings. The number of nitrogens with one attached hydrogen (secondary N) is 1. The van der Waals surface area contributed by atoms with Gasteiger partial charge in [0, 0.05) is 6.07 Å². The molecule has 2 rings (SSSR count). The van der Waals surface area contributed by atoms with E-state index in [4.69, 9.17) is 5.26 Å². The Kier molecular flexibility index (Phi) is 1.57. The van der Waals surface area contributed by atoms with E-state index in [0.717, 1.165) is 0 Å². The first kappa shape index (κ1) is 7.50. The van der Waals surface area contributed by atoms with E-state index in [9.17, 15) is 4.79 Å². The number of hydrogen-bond donors (Lipinski definition) is 1. The van der Waals surface area contributed by atoms with Gasteiger partial charge in [-0.15, -0.1) is 0 Å². The molecule has 2 aromatic heterocycles. The number of nitriles is 1. The Morgan fingerprint density at radius 2 is 2.15 bits per heavy atom. The molecule has 4 heteroatoms. The van der Waals surface area contributed by atoms with E-state index >= 15 is 0 Å². The average molecular weight is 171 g/mol. The summed E-state index contributed by atoms with van der Waals surface area (Å²) < 4.78 is 0. The van der Waals surface area contributed by atoms with Crippen LogP contribution in [0.2, 0.25) is 0 Å². The Bertz CT molecular complexity index is 551. The van der Waals surface area contributed by atoms with E-state index in [0.29, 0.717) is 16.7 Å². The van der Waals surface area contributed by atoms with Gasteiger partial charge in [0.15, 0.2) is 0 Å².